The number of fused-ring (bicyclic) bond motifs is 13. The summed E-state index contributed by atoms with van der Waals surface area (Å²) in [5, 5.41) is 11.5. The van der Waals surface area contributed by atoms with Gasteiger partial charge in [0.1, 0.15) is 11.5 Å². The first-order valence-electron chi connectivity index (χ1n) is 12.1. The van der Waals surface area contributed by atoms with Crippen LogP contribution in [0.2, 0.25) is 0 Å². The fraction of sp³-hybridized carbons (Fsp3) is 0.367. The summed E-state index contributed by atoms with van der Waals surface area (Å²) in [6, 6.07) is 18.9. The van der Waals surface area contributed by atoms with Gasteiger partial charge in [-0.1, -0.05) is 48.0 Å². The predicted octanol–water partition coefficient (Wildman–Crippen LogP) is 6.67. The zero-order chi connectivity index (χ0) is 22.3. The van der Waals surface area contributed by atoms with E-state index in [9.17, 15) is 0 Å². The molecule has 0 amide bonds. The molecule has 164 valence electrons. The summed E-state index contributed by atoms with van der Waals surface area (Å²) in [7, 11) is 3.66. The fourth-order valence-electron chi connectivity index (χ4n) is 8.29. The van der Waals surface area contributed by atoms with Gasteiger partial charge in [-0.2, -0.15) is 5.26 Å². The second kappa shape index (κ2) is 6.87. The smallest absolute Gasteiger partial charge is 0.130 e. The van der Waals surface area contributed by atoms with Crippen LogP contribution in [0.5, 0.6) is 11.5 Å². The van der Waals surface area contributed by atoms with E-state index in [1.54, 1.807) is 5.57 Å². The van der Waals surface area contributed by atoms with Gasteiger partial charge < -0.3 is 9.47 Å². The van der Waals surface area contributed by atoms with Crippen LogP contribution in [-0.2, 0) is 0 Å². The SMILES string of the molecule is COc1c2c(c(OC)c3ccccc13)[C@@H]1C[C@H]2[C@@H]2[C@H]1[C@@H]1CC[C@H]2C1=Cc1ccc(C#N)cc1. The first kappa shape index (κ1) is 19.2. The average Bonchev–Trinajstić information content (AvgIpc) is 3.61. The lowest BCUT2D eigenvalue weighted by atomic mass is 9.68. The molecule has 6 atom stereocenters. The van der Waals surface area contributed by atoms with Crippen molar-refractivity contribution >= 4 is 16.8 Å². The minimum absolute atomic E-state index is 0.558. The Morgan fingerprint density at radius 2 is 1.33 bits per heavy atom. The van der Waals surface area contributed by atoms with E-state index in [0.29, 0.717) is 35.5 Å². The number of hydrogen-bond acceptors (Lipinski definition) is 3. The molecule has 3 nitrogen and oxygen atoms in total. The average molecular weight is 434 g/mol. The van der Waals surface area contributed by atoms with Crippen LogP contribution in [0.15, 0.2) is 54.1 Å². The van der Waals surface area contributed by atoms with Gasteiger partial charge in [0.25, 0.3) is 0 Å². The van der Waals surface area contributed by atoms with Crippen molar-refractivity contribution in [3.8, 4) is 17.6 Å². The zero-order valence-corrected chi connectivity index (χ0v) is 19.0. The molecule has 3 aromatic rings. The first-order chi connectivity index (χ1) is 16.2. The third-order valence-electron chi connectivity index (χ3n) is 9.17. The maximum atomic E-state index is 9.14. The van der Waals surface area contributed by atoms with Crippen LogP contribution >= 0.6 is 0 Å². The first-order valence-corrected chi connectivity index (χ1v) is 12.1. The van der Waals surface area contributed by atoms with E-state index in [0.717, 1.165) is 17.1 Å². The molecule has 3 aromatic carbocycles. The molecule has 4 aliphatic rings. The number of nitrogens with zero attached hydrogens (tertiary/aromatic N) is 1. The highest BCUT2D eigenvalue weighted by Gasteiger charge is 2.64. The van der Waals surface area contributed by atoms with Crippen LogP contribution in [0.4, 0.5) is 0 Å². The number of methoxy groups -OCH3 is 2. The summed E-state index contributed by atoms with van der Waals surface area (Å²) in [6.07, 6.45) is 6.29. The van der Waals surface area contributed by atoms with Crippen molar-refractivity contribution in [2.45, 2.75) is 31.1 Å². The number of nitriles is 1. The Balaban J connectivity index is 1.37. The molecule has 33 heavy (non-hydrogen) atoms. The summed E-state index contributed by atoms with van der Waals surface area (Å²) < 4.78 is 12.2. The summed E-state index contributed by atoms with van der Waals surface area (Å²) in [6.45, 7) is 0. The van der Waals surface area contributed by atoms with E-state index in [2.05, 4.69) is 48.5 Å². The highest BCUT2D eigenvalue weighted by molar-refractivity contribution is 5.97. The lowest BCUT2D eigenvalue weighted by Gasteiger charge is -2.37. The van der Waals surface area contributed by atoms with Crippen molar-refractivity contribution in [3.63, 3.8) is 0 Å². The lowest BCUT2D eigenvalue weighted by Crippen LogP contribution is -2.28. The van der Waals surface area contributed by atoms with Gasteiger partial charge >= 0.3 is 0 Å². The standard InChI is InChI=1S/C30H27NO2/c1-32-29-20-5-3-4-6-21(20)30(33-2)28-24-14-23(27(28)29)25-18-11-12-19(26(24)25)22(18)13-16-7-9-17(15-31)10-8-16/h3-10,13,18-19,23-26H,11-12,14H2,1-2H3/t18-,19+,23-,24+,25+,26-. The maximum Gasteiger partial charge on any atom is 0.130 e. The van der Waals surface area contributed by atoms with Crippen molar-refractivity contribution < 1.29 is 9.47 Å². The summed E-state index contributed by atoms with van der Waals surface area (Å²) in [5.74, 6) is 6.03. The van der Waals surface area contributed by atoms with Gasteiger partial charge in [0.05, 0.1) is 25.9 Å². The maximum absolute atomic E-state index is 9.14. The number of allylic oxidation sites excluding steroid dienone is 1. The van der Waals surface area contributed by atoms with Gasteiger partial charge in [0, 0.05) is 21.9 Å². The number of rotatable bonds is 3. The quantitative estimate of drug-likeness (QED) is 0.433. The van der Waals surface area contributed by atoms with Gasteiger partial charge in [-0.3, -0.25) is 0 Å². The summed E-state index contributed by atoms with van der Waals surface area (Å²) >= 11 is 0. The minimum Gasteiger partial charge on any atom is -0.496 e. The molecule has 0 unspecified atom stereocenters. The second-order valence-electron chi connectivity index (χ2n) is 10.2. The third-order valence-corrected chi connectivity index (χ3v) is 9.17. The number of ether oxygens (including phenoxy) is 2. The molecule has 0 saturated heterocycles. The molecule has 0 spiro atoms. The van der Waals surface area contributed by atoms with E-state index < -0.39 is 0 Å². The highest BCUT2D eigenvalue weighted by atomic mass is 16.5. The molecular formula is C30H27NO2. The molecule has 0 aliphatic heterocycles. The molecule has 0 N–H and O–H groups in total. The van der Waals surface area contributed by atoms with E-state index in [1.807, 2.05) is 26.4 Å². The second-order valence-corrected chi connectivity index (χ2v) is 10.2. The zero-order valence-electron chi connectivity index (χ0n) is 19.0. The van der Waals surface area contributed by atoms with E-state index in [4.69, 9.17) is 14.7 Å². The Morgan fingerprint density at radius 1 is 0.788 bits per heavy atom. The molecule has 0 heterocycles. The molecule has 4 bridgehead atoms. The highest BCUT2D eigenvalue weighted by Crippen LogP contribution is 2.75. The molecule has 7 rings (SSSR count). The van der Waals surface area contributed by atoms with Gasteiger partial charge in [0.15, 0.2) is 0 Å². The van der Waals surface area contributed by atoms with E-state index in [-0.39, 0.29) is 0 Å². The Kier molecular flexibility index (Phi) is 4.01. The predicted molar refractivity (Wildman–Crippen MR) is 129 cm³/mol. The van der Waals surface area contributed by atoms with Crippen molar-refractivity contribution in [1.29, 1.82) is 5.26 Å². The molecule has 3 heteroatoms. The van der Waals surface area contributed by atoms with E-state index in [1.165, 1.54) is 46.7 Å². The minimum atomic E-state index is 0.558. The van der Waals surface area contributed by atoms with Crippen molar-refractivity contribution in [2.75, 3.05) is 14.2 Å². The largest absolute Gasteiger partial charge is 0.496 e. The fourth-order valence-corrected chi connectivity index (χ4v) is 8.29. The Bertz CT molecular complexity index is 1290. The topological polar surface area (TPSA) is 42.2 Å². The molecule has 3 saturated carbocycles. The Hall–Kier alpha value is -3.25. The Labute approximate surface area is 194 Å². The number of benzene rings is 3. The van der Waals surface area contributed by atoms with Crippen molar-refractivity contribution in [2.24, 2.45) is 23.7 Å². The molecular weight excluding hydrogens is 406 g/mol. The molecule has 4 aliphatic carbocycles. The monoisotopic (exact) mass is 433 g/mol. The summed E-state index contributed by atoms with van der Waals surface area (Å²) in [5.41, 5.74) is 6.48. The van der Waals surface area contributed by atoms with Crippen LogP contribution in [-0.4, -0.2) is 14.2 Å². The van der Waals surface area contributed by atoms with Crippen LogP contribution in [0.25, 0.3) is 16.8 Å². The van der Waals surface area contributed by atoms with Gasteiger partial charge in [-0.15, -0.1) is 0 Å². The van der Waals surface area contributed by atoms with Crippen LogP contribution in [0.3, 0.4) is 0 Å². The van der Waals surface area contributed by atoms with Crippen molar-refractivity contribution in [1.82, 2.24) is 0 Å². The van der Waals surface area contributed by atoms with Crippen LogP contribution < -0.4 is 9.47 Å². The summed E-state index contributed by atoms with van der Waals surface area (Å²) in [4.78, 5) is 0. The van der Waals surface area contributed by atoms with Crippen LogP contribution in [0, 0.1) is 35.0 Å². The lowest BCUT2D eigenvalue weighted by molar-refractivity contribution is 0.214. The molecule has 0 aromatic heterocycles. The molecule has 3 fully saturated rings. The van der Waals surface area contributed by atoms with Gasteiger partial charge in [-0.05, 0) is 72.5 Å². The Morgan fingerprint density at radius 3 is 1.82 bits per heavy atom. The van der Waals surface area contributed by atoms with Crippen molar-refractivity contribution in [3.05, 3.63) is 76.4 Å². The van der Waals surface area contributed by atoms with Gasteiger partial charge in [-0.25, -0.2) is 0 Å². The third kappa shape index (κ3) is 2.39. The van der Waals surface area contributed by atoms with E-state index >= 15 is 0 Å². The molecule has 0 radical (unpaired) electrons. The van der Waals surface area contributed by atoms with Crippen LogP contribution in [0.1, 0.15) is 53.4 Å². The number of hydrogen-bond donors (Lipinski definition) is 0. The normalized spacial score (nSPS) is 31.6. The van der Waals surface area contributed by atoms with Gasteiger partial charge in [0.2, 0.25) is 0 Å².